The molecule has 98 valence electrons. The first-order valence-electron chi connectivity index (χ1n) is 6.47. The highest BCUT2D eigenvalue weighted by atomic mass is 15.3. The molecule has 5 nitrogen and oxygen atoms in total. The molecule has 2 aromatic heterocycles. The summed E-state index contributed by atoms with van der Waals surface area (Å²) in [6, 6.07) is 7.97. The number of para-hydroxylation sites is 2. The molecule has 2 heterocycles. The van der Waals surface area contributed by atoms with Crippen molar-refractivity contribution in [3.05, 3.63) is 30.0 Å². The summed E-state index contributed by atoms with van der Waals surface area (Å²) in [5, 5.41) is 4.48. The molecule has 5 heteroatoms. The van der Waals surface area contributed by atoms with Gasteiger partial charge in [-0.2, -0.15) is 5.10 Å². The fourth-order valence-electron chi connectivity index (χ4n) is 2.34. The third kappa shape index (κ3) is 1.87. The van der Waals surface area contributed by atoms with Crippen LogP contribution in [0.4, 0.5) is 5.82 Å². The number of fused-ring (bicyclic) bond motifs is 1. The van der Waals surface area contributed by atoms with Crippen molar-refractivity contribution in [3.8, 4) is 11.4 Å². The van der Waals surface area contributed by atoms with Crippen LogP contribution in [0.2, 0.25) is 0 Å². The number of rotatable bonds is 3. The fourth-order valence-corrected chi connectivity index (χ4v) is 2.34. The molecule has 0 fully saturated rings. The number of benzene rings is 1. The Kier molecular flexibility index (Phi) is 2.74. The van der Waals surface area contributed by atoms with Crippen molar-refractivity contribution >= 4 is 16.9 Å². The summed E-state index contributed by atoms with van der Waals surface area (Å²) in [4.78, 5) is 7.93. The number of aromatic amines is 1. The Morgan fingerprint density at radius 3 is 2.84 bits per heavy atom. The topological polar surface area (TPSA) is 72.5 Å². The van der Waals surface area contributed by atoms with Crippen LogP contribution in [0.1, 0.15) is 19.0 Å². The number of aryl methyl sites for hydroxylation is 2. The number of hydrogen-bond donors (Lipinski definition) is 2. The lowest BCUT2D eigenvalue weighted by Gasteiger charge is -1.98. The van der Waals surface area contributed by atoms with Crippen molar-refractivity contribution < 1.29 is 0 Å². The largest absolute Gasteiger partial charge is 0.383 e. The van der Waals surface area contributed by atoms with Crippen molar-refractivity contribution in [2.75, 3.05) is 5.73 Å². The van der Waals surface area contributed by atoms with Gasteiger partial charge in [-0.05, 0) is 18.6 Å². The average Bonchev–Trinajstić information content (AvgIpc) is 2.92. The maximum atomic E-state index is 6.13. The summed E-state index contributed by atoms with van der Waals surface area (Å²) in [5.41, 5.74) is 10.0. The molecule has 0 spiro atoms. The molecule has 0 amide bonds. The smallest absolute Gasteiger partial charge is 0.144 e. The molecule has 1 aromatic carbocycles. The molecule has 3 N–H and O–H groups in total. The Hall–Kier alpha value is -2.30. The summed E-state index contributed by atoms with van der Waals surface area (Å²) in [6.45, 7) is 2.13. The second kappa shape index (κ2) is 4.42. The Morgan fingerprint density at radius 1 is 1.32 bits per heavy atom. The highest BCUT2D eigenvalue weighted by molar-refractivity contribution is 5.82. The van der Waals surface area contributed by atoms with E-state index in [0.29, 0.717) is 5.82 Å². The van der Waals surface area contributed by atoms with Gasteiger partial charge < -0.3 is 10.7 Å². The van der Waals surface area contributed by atoms with Gasteiger partial charge in [0, 0.05) is 7.05 Å². The number of nitrogens with one attached hydrogen (secondary N) is 1. The van der Waals surface area contributed by atoms with Gasteiger partial charge >= 0.3 is 0 Å². The third-order valence-corrected chi connectivity index (χ3v) is 3.28. The zero-order valence-electron chi connectivity index (χ0n) is 11.1. The van der Waals surface area contributed by atoms with E-state index in [0.717, 1.165) is 41.0 Å². The number of hydrogen-bond acceptors (Lipinski definition) is 3. The Bertz CT molecular complexity index is 690. The monoisotopic (exact) mass is 255 g/mol. The number of nitrogen functional groups attached to an aromatic ring is 1. The van der Waals surface area contributed by atoms with Crippen LogP contribution < -0.4 is 5.73 Å². The molecule has 0 aliphatic heterocycles. The SMILES string of the molecule is CCCc1nn(C)c(N)c1-c1nc2ccccc2[nH]1. The molecule has 0 radical (unpaired) electrons. The lowest BCUT2D eigenvalue weighted by Crippen LogP contribution is -1.98. The van der Waals surface area contributed by atoms with Crippen molar-refractivity contribution in [1.82, 2.24) is 19.7 Å². The fraction of sp³-hybridized carbons (Fsp3) is 0.286. The molecule has 0 bridgehead atoms. The van der Waals surface area contributed by atoms with Crippen LogP contribution in [0.3, 0.4) is 0 Å². The quantitative estimate of drug-likeness (QED) is 0.755. The van der Waals surface area contributed by atoms with E-state index in [1.54, 1.807) is 4.68 Å². The summed E-state index contributed by atoms with van der Waals surface area (Å²) in [7, 11) is 1.86. The van der Waals surface area contributed by atoms with Crippen molar-refractivity contribution in [3.63, 3.8) is 0 Å². The van der Waals surface area contributed by atoms with Crippen molar-refractivity contribution in [2.24, 2.45) is 7.05 Å². The third-order valence-electron chi connectivity index (χ3n) is 3.28. The van der Waals surface area contributed by atoms with Crippen LogP contribution in [0.15, 0.2) is 24.3 Å². The summed E-state index contributed by atoms with van der Waals surface area (Å²) >= 11 is 0. The van der Waals surface area contributed by atoms with Crippen LogP contribution in [-0.4, -0.2) is 19.7 Å². The van der Waals surface area contributed by atoms with Gasteiger partial charge in [0.15, 0.2) is 0 Å². The molecule has 0 saturated heterocycles. The summed E-state index contributed by atoms with van der Waals surface area (Å²) in [6.07, 6.45) is 1.93. The second-order valence-corrected chi connectivity index (χ2v) is 4.68. The summed E-state index contributed by atoms with van der Waals surface area (Å²) in [5.74, 6) is 1.46. The number of nitrogens with two attached hydrogens (primary N) is 1. The van der Waals surface area contributed by atoms with Crippen LogP contribution >= 0.6 is 0 Å². The van der Waals surface area contributed by atoms with Gasteiger partial charge in [0.2, 0.25) is 0 Å². The molecule has 19 heavy (non-hydrogen) atoms. The minimum absolute atomic E-state index is 0.655. The molecule has 0 aliphatic rings. The minimum Gasteiger partial charge on any atom is -0.383 e. The first kappa shape index (κ1) is 11.8. The molecule has 3 rings (SSSR count). The number of anilines is 1. The standard InChI is InChI=1S/C14H17N5/c1-3-6-11-12(13(15)19(2)18-11)14-16-9-7-4-5-8-10(9)17-14/h4-5,7-8H,3,6,15H2,1-2H3,(H,16,17). The zero-order valence-corrected chi connectivity index (χ0v) is 11.1. The predicted octanol–water partition coefficient (Wildman–Crippen LogP) is 2.50. The lowest BCUT2D eigenvalue weighted by molar-refractivity contribution is 0.741. The predicted molar refractivity (Wildman–Crippen MR) is 76.7 cm³/mol. The van der Waals surface area contributed by atoms with Gasteiger partial charge in [0.1, 0.15) is 11.6 Å². The van der Waals surface area contributed by atoms with Crippen LogP contribution in [-0.2, 0) is 13.5 Å². The molecule has 0 atom stereocenters. The van der Waals surface area contributed by atoms with E-state index in [1.807, 2.05) is 31.3 Å². The number of aromatic nitrogens is 4. The average molecular weight is 255 g/mol. The lowest BCUT2D eigenvalue weighted by atomic mass is 10.1. The van der Waals surface area contributed by atoms with Gasteiger partial charge in [-0.15, -0.1) is 0 Å². The van der Waals surface area contributed by atoms with E-state index in [-0.39, 0.29) is 0 Å². The van der Waals surface area contributed by atoms with E-state index in [1.165, 1.54) is 0 Å². The van der Waals surface area contributed by atoms with Crippen molar-refractivity contribution in [1.29, 1.82) is 0 Å². The van der Waals surface area contributed by atoms with E-state index in [2.05, 4.69) is 22.0 Å². The second-order valence-electron chi connectivity index (χ2n) is 4.68. The zero-order chi connectivity index (χ0) is 13.4. The Labute approximate surface area is 111 Å². The highest BCUT2D eigenvalue weighted by Crippen LogP contribution is 2.29. The number of imidazole rings is 1. The normalized spacial score (nSPS) is 11.3. The molecular weight excluding hydrogens is 238 g/mol. The first-order chi connectivity index (χ1) is 9.20. The van der Waals surface area contributed by atoms with E-state index >= 15 is 0 Å². The van der Waals surface area contributed by atoms with Crippen molar-refractivity contribution in [2.45, 2.75) is 19.8 Å². The Balaban J connectivity index is 2.19. The highest BCUT2D eigenvalue weighted by Gasteiger charge is 2.18. The van der Waals surface area contributed by atoms with E-state index in [4.69, 9.17) is 5.73 Å². The van der Waals surface area contributed by atoms with E-state index < -0.39 is 0 Å². The van der Waals surface area contributed by atoms with Gasteiger partial charge in [-0.3, -0.25) is 4.68 Å². The van der Waals surface area contributed by atoms with E-state index in [9.17, 15) is 0 Å². The maximum absolute atomic E-state index is 6.13. The molecule has 3 aromatic rings. The molecule has 0 aliphatic carbocycles. The number of H-pyrrole nitrogens is 1. The molecule has 0 saturated carbocycles. The van der Waals surface area contributed by atoms with Crippen LogP contribution in [0.25, 0.3) is 22.4 Å². The van der Waals surface area contributed by atoms with Crippen LogP contribution in [0, 0.1) is 0 Å². The maximum Gasteiger partial charge on any atom is 0.144 e. The number of nitrogens with zero attached hydrogens (tertiary/aromatic N) is 3. The van der Waals surface area contributed by atoms with Gasteiger partial charge in [-0.25, -0.2) is 4.98 Å². The van der Waals surface area contributed by atoms with Gasteiger partial charge in [0.05, 0.1) is 22.3 Å². The first-order valence-corrected chi connectivity index (χ1v) is 6.47. The summed E-state index contributed by atoms with van der Waals surface area (Å²) < 4.78 is 1.72. The minimum atomic E-state index is 0.655. The van der Waals surface area contributed by atoms with Crippen LogP contribution in [0.5, 0.6) is 0 Å². The van der Waals surface area contributed by atoms with Gasteiger partial charge in [0.25, 0.3) is 0 Å². The molecule has 0 unspecified atom stereocenters. The van der Waals surface area contributed by atoms with Gasteiger partial charge in [-0.1, -0.05) is 25.5 Å². The Morgan fingerprint density at radius 2 is 2.11 bits per heavy atom. The molecular formula is C14H17N5.